The number of amides is 1. The Morgan fingerprint density at radius 1 is 1.31 bits per heavy atom. The van der Waals surface area contributed by atoms with Crippen LogP contribution in [0.3, 0.4) is 0 Å². The van der Waals surface area contributed by atoms with E-state index in [0.29, 0.717) is 12.2 Å². The molecule has 0 saturated heterocycles. The second kappa shape index (κ2) is 7.82. The lowest BCUT2D eigenvalue weighted by Crippen LogP contribution is -2.40. The first-order valence-electron chi connectivity index (χ1n) is 8.44. The summed E-state index contributed by atoms with van der Waals surface area (Å²) < 4.78 is 5.51. The third-order valence-electron chi connectivity index (χ3n) is 4.23. The van der Waals surface area contributed by atoms with Gasteiger partial charge in [0.25, 0.3) is 5.91 Å². The summed E-state index contributed by atoms with van der Waals surface area (Å²) in [6.45, 7) is 2.48. The molecule has 2 aromatic rings. The summed E-state index contributed by atoms with van der Waals surface area (Å²) in [5.74, 6) is -0.635. The Kier molecular flexibility index (Phi) is 5.31. The maximum absolute atomic E-state index is 12.4. The number of aliphatic carboxylic acids is 1. The number of rotatable bonds is 6. The third kappa shape index (κ3) is 3.91. The maximum atomic E-state index is 12.4. The number of pyridine rings is 1. The van der Waals surface area contributed by atoms with E-state index in [1.807, 2.05) is 18.2 Å². The molecule has 2 N–H and O–H groups in total. The number of carboxylic acids is 1. The van der Waals surface area contributed by atoms with Crippen LogP contribution in [0, 0.1) is 0 Å². The van der Waals surface area contributed by atoms with Gasteiger partial charge in [-0.1, -0.05) is 18.2 Å². The summed E-state index contributed by atoms with van der Waals surface area (Å²) in [5.41, 5.74) is 3.20. The Labute approximate surface area is 151 Å². The second-order valence-electron chi connectivity index (χ2n) is 6.05. The molecule has 2 heterocycles. The zero-order valence-corrected chi connectivity index (χ0v) is 14.4. The van der Waals surface area contributed by atoms with Crippen LogP contribution in [0.5, 0.6) is 5.75 Å². The van der Waals surface area contributed by atoms with E-state index < -0.39 is 17.9 Å². The van der Waals surface area contributed by atoms with Crippen LogP contribution in [0.15, 0.2) is 48.8 Å². The first-order chi connectivity index (χ1) is 12.6. The number of nitrogens with one attached hydrogen (secondary N) is 1. The SMILES string of the molecule is C/C=C/CC(NC(=O)c1cncc(-c2ccc3c(c2)CCO3)c1)C(=O)O. The highest BCUT2D eigenvalue weighted by Gasteiger charge is 2.20. The predicted octanol–water partition coefficient (Wildman–Crippen LogP) is 2.83. The molecule has 0 fully saturated rings. The summed E-state index contributed by atoms with van der Waals surface area (Å²) in [6.07, 6.45) is 7.67. The van der Waals surface area contributed by atoms with E-state index >= 15 is 0 Å². The van der Waals surface area contributed by atoms with E-state index in [2.05, 4.69) is 10.3 Å². The van der Waals surface area contributed by atoms with Gasteiger partial charge in [-0.2, -0.15) is 0 Å². The Balaban J connectivity index is 1.80. The summed E-state index contributed by atoms with van der Waals surface area (Å²) in [5, 5.41) is 11.8. The number of allylic oxidation sites excluding steroid dienone is 1. The number of benzene rings is 1. The van der Waals surface area contributed by atoms with Crippen LogP contribution in [-0.2, 0) is 11.2 Å². The van der Waals surface area contributed by atoms with Gasteiger partial charge in [0.15, 0.2) is 0 Å². The van der Waals surface area contributed by atoms with Crippen LogP contribution in [-0.4, -0.2) is 34.6 Å². The summed E-state index contributed by atoms with van der Waals surface area (Å²) in [7, 11) is 0. The first kappa shape index (κ1) is 17.7. The number of carbonyl (C=O) groups excluding carboxylic acids is 1. The van der Waals surface area contributed by atoms with Crippen molar-refractivity contribution in [3.05, 3.63) is 59.9 Å². The zero-order chi connectivity index (χ0) is 18.5. The van der Waals surface area contributed by atoms with E-state index in [9.17, 15) is 14.7 Å². The topological polar surface area (TPSA) is 88.5 Å². The minimum Gasteiger partial charge on any atom is -0.493 e. The third-order valence-corrected chi connectivity index (χ3v) is 4.23. The molecule has 3 rings (SSSR count). The molecule has 1 aliphatic heterocycles. The number of aromatic nitrogens is 1. The lowest BCUT2D eigenvalue weighted by molar-refractivity contribution is -0.139. The van der Waals surface area contributed by atoms with Crippen LogP contribution in [0.4, 0.5) is 0 Å². The average Bonchev–Trinajstić information content (AvgIpc) is 3.12. The molecule has 1 aromatic carbocycles. The number of carboxylic acid groups (broad SMARTS) is 1. The summed E-state index contributed by atoms with van der Waals surface area (Å²) >= 11 is 0. The number of ether oxygens (including phenoxy) is 1. The minimum atomic E-state index is -1.07. The molecular formula is C20H20N2O4. The Morgan fingerprint density at radius 3 is 2.92 bits per heavy atom. The highest BCUT2D eigenvalue weighted by Crippen LogP contribution is 2.30. The molecule has 1 amide bonds. The molecule has 134 valence electrons. The normalized spacial score (nSPS) is 13.9. The van der Waals surface area contributed by atoms with Crippen molar-refractivity contribution in [1.82, 2.24) is 10.3 Å². The van der Waals surface area contributed by atoms with Crippen molar-refractivity contribution in [3.8, 4) is 16.9 Å². The number of carbonyl (C=O) groups is 2. The zero-order valence-electron chi connectivity index (χ0n) is 14.4. The van der Waals surface area contributed by atoms with Gasteiger partial charge in [0.05, 0.1) is 12.2 Å². The smallest absolute Gasteiger partial charge is 0.326 e. The molecular weight excluding hydrogens is 332 g/mol. The molecule has 6 heteroatoms. The van der Waals surface area contributed by atoms with Gasteiger partial charge in [-0.05, 0) is 42.7 Å². The van der Waals surface area contributed by atoms with E-state index in [0.717, 1.165) is 28.9 Å². The molecule has 26 heavy (non-hydrogen) atoms. The van der Waals surface area contributed by atoms with Crippen LogP contribution >= 0.6 is 0 Å². The number of hydrogen-bond donors (Lipinski definition) is 2. The monoisotopic (exact) mass is 352 g/mol. The quantitative estimate of drug-likeness (QED) is 0.781. The van der Waals surface area contributed by atoms with Crippen molar-refractivity contribution in [2.45, 2.75) is 25.8 Å². The van der Waals surface area contributed by atoms with Crippen LogP contribution < -0.4 is 10.1 Å². The van der Waals surface area contributed by atoms with Crippen molar-refractivity contribution < 1.29 is 19.4 Å². The first-order valence-corrected chi connectivity index (χ1v) is 8.44. The van der Waals surface area contributed by atoms with Gasteiger partial charge in [-0.3, -0.25) is 9.78 Å². The molecule has 1 unspecified atom stereocenters. The molecule has 0 spiro atoms. The molecule has 0 radical (unpaired) electrons. The molecule has 0 saturated carbocycles. The minimum absolute atomic E-state index is 0.232. The van der Waals surface area contributed by atoms with E-state index in [-0.39, 0.29) is 6.42 Å². The van der Waals surface area contributed by atoms with Crippen molar-refractivity contribution >= 4 is 11.9 Å². The largest absolute Gasteiger partial charge is 0.493 e. The number of fused-ring (bicyclic) bond motifs is 1. The van der Waals surface area contributed by atoms with Crippen molar-refractivity contribution in [2.24, 2.45) is 0 Å². The standard InChI is InChI=1S/C20H20N2O4/c1-2-3-4-17(20(24)25)22-19(23)16-10-15(11-21-12-16)13-5-6-18-14(9-13)7-8-26-18/h2-3,5-6,9-12,17H,4,7-8H2,1H3,(H,22,23)(H,24,25)/b3-2+. The maximum Gasteiger partial charge on any atom is 0.326 e. The molecule has 6 nitrogen and oxygen atoms in total. The fraction of sp³-hybridized carbons (Fsp3) is 0.250. The highest BCUT2D eigenvalue weighted by molar-refractivity contribution is 5.97. The fourth-order valence-electron chi connectivity index (χ4n) is 2.82. The number of hydrogen-bond acceptors (Lipinski definition) is 4. The van der Waals surface area contributed by atoms with Gasteiger partial charge in [0.1, 0.15) is 11.8 Å². The van der Waals surface area contributed by atoms with Crippen molar-refractivity contribution in [2.75, 3.05) is 6.61 Å². The summed E-state index contributed by atoms with van der Waals surface area (Å²) in [6, 6.07) is 6.62. The van der Waals surface area contributed by atoms with Crippen LogP contribution in [0.25, 0.3) is 11.1 Å². The van der Waals surface area contributed by atoms with E-state index in [4.69, 9.17) is 4.74 Å². The average molecular weight is 352 g/mol. The highest BCUT2D eigenvalue weighted by atomic mass is 16.5. The van der Waals surface area contributed by atoms with Crippen LogP contribution in [0.2, 0.25) is 0 Å². The Bertz CT molecular complexity index is 861. The second-order valence-corrected chi connectivity index (χ2v) is 6.05. The Hall–Kier alpha value is -3.15. The molecule has 0 aliphatic carbocycles. The lowest BCUT2D eigenvalue weighted by Gasteiger charge is -2.13. The summed E-state index contributed by atoms with van der Waals surface area (Å²) in [4.78, 5) is 27.9. The Morgan fingerprint density at radius 2 is 2.15 bits per heavy atom. The van der Waals surface area contributed by atoms with Gasteiger partial charge in [0, 0.05) is 24.4 Å². The van der Waals surface area contributed by atoms with E-state index in [1.165, 1.54) is 6.20 Å². The van der Waals surface area contributed by atoms with Gasteiger partial charge < -0.3 is 15.2 Å². The van der Waals surface area contributed by atoms with Gasteiger partial charge in [-0.25, -0.2) is 4.79 Å². The van der Waals surface area contributed by atoms with Gasteiger partial charge >= 0.3 is 5.97 Å². The predicted molar refractivity (Wildman–Crippen MR) is 97.2 cm³/mol. The molecule has 1 aromatic heterocycles. The molecule has 1 aliphatic rings. The fourth-order valence-corrected chi connectivity index (χ4v) is 2.82. The molecule has 0 bridgehead atoms. The van der Waals surface area contributed by atoms with Gasteiger partial charge in [-0.15, -0.1) is 0 Å². The lowest BCUT2D eigenvalue weighted by atomic mass is 10.0. The number of nitrogens with zero attached hydrogens (tertiary/aromatic N) is 1. The van der Waals surface area contributed by atoms with Crippen LogP contribution in [0.1, 0.15) is 29.3 Å². The van der Waals surface area contributed by atoms with Crippen molar-refractivity contribution in [1.29, 1.82) is 0 Å². The molecule has 1 atom stereocenters. The van der Waals surface area contributed by atoms with Gasteiger partial charge in [0.2, 0.25) is 0 Å². The van der Waals surface area contributed by atoms with E-state index in [1.54, 1.807) is 31.3 Å². The van der Waals surface area contributed by atoms with Crippen molar-refractivity contribution in [3.63, 3.8) is 0 Å².